The van der Waals surface area contributed by atoms with Crippen molar-refractivity contribution in [3.8, 4) is 0 Å². The van der Waals surface area contributed by atoms with Gasteiger partial charge in [0.2, 0.25) is 0 Å². The second kappa shape index (κ2) is 9.40. The fraction of sp³-hybridized carbons (Fsp3) is 1.00. The molecule has 2 heteroatoms. The van der Waals surface area contributed by atoms with Gasteiger partial charge in [0.25, 0.3) is 0 Å². The molecule has 0 amide bonds. The Morgan fingerprint density at radius 3 is 2.50 bits per heavy atom. The van der Waals surface area contributed by atoms with E-state index < -0.39 is 0 Å². The van der Waals surface area contributed by atoms with Gasteiger partial charge in [0.15, 0.2) is 0 Å². The molecule has 1 nitrogen and oxygen atoms in total. The molecule has 0 aliphatic heterocycles. The van der Waals surface area contributed by atoms with Gasteiger partial charge >= 0.3 is 0 Å². The number of thioether (sulfide) groups is 1. The first-order valence-corrected chi connectivity index (χ1v) is 6.22. The van der Waals surface area contributed by atoms with Crippen molar-refractivity contribution in [3.05, 3.63) is 0 Å². The maximum Gasteiger partial charge on any atom is 0.0548 e. The third-order valence-corrected chi connectivity index (χ3v) is 2.87. The Kier molecular flexibility index (Phi) is 9.64. The number of hydrogen-bond acceptors (Lipinski definition) is 2. The summed E-state index contributed by atoms with van der Waals surface area (Å²) >= 11 is 1.92. The molecular weight excluding hydrogens is 168 g/mol. The summed E-state index contributed by atoms with van der Waals surface area (Å²) in [5.74, 6) is 2.28. The van der Waals surface area contributed by atoms with E-state index in [9.17, 15) is 5.11 Å². The van der Waals surface area contributed by atoms with Crippen molar-refractivity contribution in [2.75, 3.05) is 11.5 Å². The van der Waals surface area contributed by atoms with Crippen LogP contribution in [0.5, 0.6) is 0 Å². The lowest BCUT2D eigenvalue weighted by Crippen LogP contribution is -2.07. The normalized spacial score (nSPS) is 13.2. The molecule has 0 rings (SSSR count). The first kappa shape index (κ1) is 12.3. The highest BCUT2D eigenvalue weighted by Crippen LogP contribution is 2.09. The predicted molar refractivity (Wildman–Crippen MR) is 57.8 cm³/mol. The van der Waals surface area contributed by atoms with E-state index in [1.54, 1.807) is 0 Å². The van der Waals surface area contributed by atoms with Crippen LogP contribution in [0.25, 0.3) is 0 Å². The molecule has 0 bridgehead atoms. The standard InChI is InChI=1S/C10H22OS/c1-3-5-6-7-10(11)8-9-12-4-2/h10-11H,3-9H2,1-2H3. The summed E-state index contributed by atoms with van der Waals surface area (Å²) in [5, 5.41) is 9.49. The summed E-state index contributed by atoms with van der Waals surface area (Å²) in [4.78, 5) is 0. The lowest BCUT2D eigenvalue weighted by atomic mass is 10.1. The van der Waals surface area contributed by atoms with Gasteiger partial charge in [-0.2, -0.15) is 11.8 Å². The molecule has 0 fully saturated rings. The van der Waals surface area contributed by atoms with Crippen molar-refractivity contribution in [2.45, 2.75) is 52.1 Å². The maximum atomic E-state index is 9.49. The highest BCUT2D eigenvalue weighted by atomic mass is 32.2. The second-order valence-corrected chi connectivity index (χ2v) is 4.53. The van der Waals surface area contributed by atoms with Crippen molar-refractivity contribution in [2.24, 2.45) is 0 Å². The molecule has 0 aromatic rings. The van der Waals surface area contributed by atoms with E-state index in [4.69, 9.17) is 0 Å². The Labute approximate surface area is 80.9 Å². The molecule has 0 radical (unpaired) electrons. The molecule has 1 atom stereocenters. The van der Waals surface area contributed by atoms with Crippen LogP contribution in [0.3, 0.4) is 0 Å². The third-order valence-electron chi connectivity index (χ3n) is 1.94. The predicted octanol–water partition coefficient (Wildman–Crippen LogP) is 3.07. The maximum absolute atomic E-state index is 9.49. The Balaban J connectivity index is 3.04. The SMILES string of the molecule is CCCCCC(O)CCSCC. The zero-order chi connectivity index (χ0) is 9.23. The Morgan fingerprint density at radius 2 is 1.92 bits per heavy atom. The lowest BCUT2D eigenvalue weighted by Gasteiger charge is -2.08. The molecule has 0 aliphatic carbocycles. The molecule has 74 valence electrons. The molecule has 0 heterocycles. The molecule has 0 aromatic heterocycles. The van der Waals surface area contributed by atoms with Crippen LogP contribution >= 0.6 is 11.8 Å². The second-order valence-electron chi connectivity index (χ2n) is 3.14. The zero-order valence-corrected chi connectivity index (χ0v) is 9.20. The number of unbranched alkanes of at least 4 members (excludes halogenated alkanes) is 2. The fourth-order valence-electron chi connectivity index (χ4n) is 1.14. The van der Waals surface area contributed by atoms with Crippen LogP contribution in [0.15, 0.2) is 0 Å². The van der Waals surface area contributed by atoms with E-state index >= 15 is 0 Å². The van der Waals surface area contributed by atoms with Gasteiger partial charge in [0, 0.05) is 0 Å². The highest BCUT2D eigenvalue weighted by molar-refractivity contribution is 7.99. The Bertz CT molecular complexity index is 75.9. The van der Waals surface area contributed by atoms with Crippen molar-refractivity contribution >= 4 is 11.8 Å². The topological polar surface area (TPSA) is 20.2 Å². The molecule has 12 heavy (non-hydrogen) atoms. The lowest BCUT2D eigenvalue weighted by molar-refractivity contribution is 0.158. The first-order chi connectivity index (χ1) is 5.81. The monoisotopic (exact) mass is 190 g/mol. The summed E-state index contributed by atoms with van der Waals surface area (Å²) in [6, 6.07) is 0. The minimum atomic E-state index is -0.0457. The quantitative estimate of drug-likeness (QED) is 0.594. The summed E-state index contributed by atoms with van der Waals surface area (Å²) in [6.45, 7) is 4.35. The smallest absolute Gasteiger partial charge is 0.0548 e. The minimum absolute atomic E-state index is 0.0457. The molecule has 0 aliphatic rings. The van der Waals surface area contributed by atoms with Gasteiger partial charge in [-0.25, -0.2) is 0 Å². The van der Waals surface area contributed by atoms with Crippen molar-refractivity contribution < 1.29 is 5.11 Å². The van der Waals surface area contributed by atoms with Gasteiger partial charge in [0.05, 0.1) is 6.10 Å². The number of aliphatic hydroxyl groups excluding tert-OH is 1. The van der Waals surface area contributed by atoms with Gasteiger partial charge in [-0.1, -0.05) is 33.1 Å². The summed E-state index contributed by atoms with van der Waals surface area (Å²) in [7, 11) is 0. The van der Waals surface area contributed by atoms with Crippen LogP contribution in [0.2, 0.25) is 0 Å². The van der Waals surface area contributed by atoms with Gasteiger partial charge in [-0.15, -0.1) is 0 Å². The van der Waals surface area contributed by atoms with Crippen molar-refractivity contribution in [1.29, 1.82) is 0 Å². The van der Waals surface area contributed by atoms with Crippen LogP contribution in [0.4, 0.5) is 0 Å². The van der Waals surface area contributed by atoms with E-state index in [1.165, 1.54) is 25.0 Å². The largest absolute Gasteiger partial charge is 0.393 e. The van der Waals surface area contributed by atoms with Gasteiger partial charge < -0.3 is 5.11 Å². The van der Waals surface area contributed by atoms with E-state index in [2.05, 4.69) is 13.8 Å². The average Bonchev–Trinajstić information content (AvgIpc) is 2.06. The molecule has 0 spiro atoms. The molecule has 0 saturated carbocycles. The van der Waals surface area contributed by atoms with Crippen molar-refractivity contribution in [1.82, 2.24) is 0 Å². The minimum Gasteiger partial charge on any atom is -0.393 e. The van der Waals surface area contributed by atoms with Gasteiger partial charge in [0.1, 0.15) is 0 Å². The van der Waals surface area contributed by atoms with Crippen molar-refractivity contribution in [3.63, 3.8) is 0 Å². The van der Waals surface area contributed by atoms with Crippen LogP contribution in [-0.2, 0) is 0 Å². The molecule has 0 aromatic carbocycles. The highest BCUT2D eigenvalue weighted by Gasteiger charge is 2.02. The summed E-state index contributed by atoms with van der Waals surface area (Å²) < 4.78 is 0. The molecular formula is C10H22OS. The third kappa shape index (κ3) is 8.41. The van der Waals surface area contributed by atoms with E-state index in [0.29, 0.717) is 0 Å². The van der Waals surface area contributed by atoms with Crippen LogP contribution < -0.4 is 0 Å². The van der Waals surface area contributed by atoms with E-state index in [0.717, 1.165) is 18.6 Å². The molecule has 0 saturated heterocycles. The van der Waals surface area contributed by atoms with Crippen LogP contribution in [-0.4, -0.2) is 22.7 Å². The fourth-order valence-corrected chi connectivity index (χ4v) is 1.87. The average molecular weight is 190 g/mol. The number of aliphatic hydroxyl groups is 1. The van der Waals surface area contributed by atoms with Crippen LogP contribution in [0, 0.1) is 0 Å². The molecule has 1 N–H and O–H groups in total. The van der Waals surface area contributed by atoms with Crippen LogP contribution in [0.1, 0.15) is 46.0 Å². The van der Waals surface area contributed by atoms with E-state index in [1.807, 2.05) is 11.8 Å². The van der Waals surface area contributed by atoms with Gasteiger partial charge in [-0.3, -0.25) is 0 Å². The Hall–Kier alpha value is 0.310. The Morgan fingerprint density at radius 1 is 1.17 bits per heavy atom. The summed E-state index contributed by atoms with van der Waals surface area (Å²) in [6.07, 6.45) is 5.62. The van der Waals surface area contributed by atoms with Gasteiger partial charge in [-0.05, 0) is 24.3 Å². The molecule has 1 unspecified atom stereocenters. The summed E-state index contributed by atoms with van der Waals surface area (Å²) in [5.41, 5.74) is 0. The van der Waals surface area contributed by atoms with E-state index in [-0.39, 0.29) is 6.10 Å². The number of hydrogen-bond donors (Lipinski definition) is 1. The number of rotatable bonds is 8. The first-order valence-electron chi connectivity index (χ1n) is 5.07. The zero-order valence-electron chi connectivity index (χ0n) is 8.38.